The molecule has 4 heteroatoms. The smallest absolute Gasteiger partial charge is 0.335 e. The summed E-state index contributed by atoms with van der Waals surface area (Å²) < 4.78 is 0. The van der Waals surface area contributed by atoms with Crippen molar-refractivity contribution in [2.75, 3.05) is 6.54 Å². The molecule has 0 heterocycles. The summed E-state index contributed by atoms with van der Waals surface area (Å²) in [6, 6.07) is 6.89. The molecule has 19 heavy (non-hydrogen) atoms. The monoisotopic (exact) mass is 263 g/mol. The van der Waals surface area contributed by atoms with E-state index < -0.39 is 11.6 Å². The molecular weight excluding hydrogens is 242 g/mol. The Labute approximate surface area is 113 Å². The number of carboxylic acid groups (broad SMARTS) is 1. The normalized spacial score (nSPS) is 18.2. The maximum absolute atomic E-state index is 10.9. The van der Waals surface area contributed by atoms with Gasteiger partial charge in [-0.3, -0.25) is 0 Å². The van der Waals surface area contributed by atoms with E-state index in [1.807, 2.05) is 6.07 Å². The molecule has 0 saturated heterocycles. The number of aliphatic hydroxyl groups is 1. The van der Waals surface area contributed by atoms with Gasteiger partial charge in [-0.25, -0.2) is 4.79 Å². The summed E-state index contributed by atoms with van der Waals surface area (Å²) in [5, 5.41) is 22.5. The standard InChI is InChI=1S/C15H21NO3/c17-14(18)13-6-4-5-12(9-13)10-16-11-15(19)7-2-1-3-8-15/h4-6,9,16,19H,1-3,7-8,10-11H2,(H,17,18). The third-order valence-corrected chi connectivity index (χ3v) is 3.74. The molecule has 1 aromatic carbocycles. The molecule has 1 aliphatic rings. The van der Waals surface area contributed by atoms with Gasteiger partial charge >= 0.3 is 5.97 Å². The van der Waals surface area contributed by atoms with Gasteiger partial charge in [-0.15, -0.1) is 0 Å². The van der Waals surface area contributed by atoms with Crippen LogP contribution in [-0.4, -0.2) is 28.3 Å². The zero-order valence-electron chi connectivity index (χ0n) is 11.1. The Hall–Kier alpha value is -1.39. The lowest BCUT2D eigenvalue weighted by molar-refractivity contribution is 0.00466. The van der Waals surface area contributed by atoms with E-state index in [-0.39, 0.29) is 0 Å². The van der Waals surface area contributed by atoms with Crippen LogP contribution in [0.4, 0.5) is 0 Å². The molecule has 0 aromatic heterocycles. The van der Waals surface area contributed by atoms with Gasteiger partial charge in [0.05, 0.1) is 11.2 Å². The molecule has 1 saturated carbocycles. The summed E-state index contributed by atoms with van der Waals surface area (Å²) in [5.74, 6) is -0.909. The van der Waals surface area contributed by atoms with Gasteiger partial charge in [0.1, 0.15) is 0 Å². The van der Waals surface area contributed by atoms with Crippen LogP contribution >= 0.6 is 0 Å². The van der Waals surface area contributed by atoms with Crippen LogP contribution in [0, 0.1) is 0 Å². The second kappa shape index (κ2) is 6.17. The molecule has 0 unspecified atom stereocenters. The van der Waals surface area contributed by atoms with E-state index in [2.05, 4.69) is 5.32 Å². The lowest BCUT2D eigenvalue weighted by Gasteiger charge is -2.32. The van der Waals surface area contributed by atoms with Gasteiger partial charge in [0.15, 0.2) is 0 Å². The maximum Gasteiger partial charge on any atom is 0.335 e. The Morgan fingerprint density at radius 3 is 2.68 bits per heavy atom. The molecule has 0 bridgehead atoms. The van der Waals surface area contributed by atoms with Crippen molar-refractivity contribution in [3.63, 3.8) is 0 Å². The highest BCUT2D eigenvalue weighted by molar-refractivity contribution is 5.87. The van der Waals surface area contributed by atoms with Crippen molar-refractivity contribution in [2.24, 2.45) is 0 Å². The number of nitrogens with one attached hydrogen (secondary N) is 1. The number of benzene rings is 1. The molecule has 0 atom stereocenters. The van der Waals surface area contributed by atoms with Crippen molar-refractivity contribution in [3.8, 4) is 0 Å². The van der Waals surface area contributed by atoms with E-state index in [1.54, 1.807) is 18.2 Å². The molecule has 2 rings (SSSR count). The van der Waals surface area contributed by atoms with Crippen LogP contribution in [0.15, 0.2) is 24.3 Å². The van der Waals surface area contributed by atoms with Gasteiger partial charge < -0.3 is 15.5 Å². The summed E-state index contributed by atoms with van der Waals surface area (Å²) in [6.45, 7) is 1.16. The van der Waals surface area contributed by atoms with Crippen molar-refractivity contribution < 1.29 is 15.0 Å². The van der Waals surface area contributed by atoms with Crippen molar-refractivity contribution in [2.45, 2.75) is 44.2 Å². The SMILES string of the molecule is O=C(O)c1cccc(CNCC2(O)CCCCC2)c1. The number of carbonyl (C=O) groups is 1. The van der Waals surface area contributed by atoms with Crippen molar-refractivity contribution in [1.82, 2.24) is 5.32 Å². The molecule has 1 fully saturated rings. The highest BCUT2D eigenvalue weighted by atomic mass is 16.4. The zero-order valence-corrected chi connectivity index (χ0v) is 11.1. The first-order chi connectivity index (χ1) is 9.09. The van der Waals surface area contributed by atoms with Crippen molar-refractivity contribution >= 4 is 5.97 Å². The van der Waals surface area contributed by atoms with Gasteiger partial charge in [0.2, 0.25) is 0 Å². The van der Waals surface area contributed by atoms with Crippen LogP contribution in [0.25, 0.3) is 0 Å². The average Bonchev–Trinajstić information content (AvgIpc) is 2.39. The highest BCUT2D eigenvalue weighted by Gasteiger charge is 2.28. The fourth-order valence-electron chi connectivity index (χ4n) is 2.64. The molecule has 1 aromatic rings. The van der Waals surface area contributed by atoms with E-state index in [9.17, 15) is 9.90 Å². The van der Waals surface area contributed by atoms with Crippen molar-refractivity contribution in [3.05, 3.63) is 35.4 Å². The molecule has 1 aliphatic carbocycles. The van der Waals surface area contributed by atoms with E-state index >= 15 is 0 Å². The topological polar surface area (TPSA) is 69.6 Å². The average molecular weight is 263 g/mol. The number of hydrogen-bond donors (Lipinski definition) is 3. The summed E-state index contributed by atoms with van der Waals surface area (Å²) >= 11 is 0. The Bertz CT molecular complexity index is 439. The van der Waals surface area contributed by atoms with Crippen molar-refractivity contribution in [1.29, 1.82) is 0 Å². The third-order valence-electron chi connectivity index (χ3n) is 3.74. The van der Waals surface area contributed by atoms with Gasteiger partial charge in [-0.1, -0.05) is 31.4 Å². The Kier molecular flexibility index (Phi) is 4.56. The van der Waals surface area contributed by atoms with Crippen LogP contribution < -0.4 is 5.32 Å². The van der Waals surface area contributed by atoms with Gasteiger partial charge in [0.25, 0.3) is 0 Å². The lowest BCUT2D eigenvalue weighted by Crippen LogP contribution is -2.41. The molecule has 0 aliphatic heterocycles. The first-order valence-electron chi connectivity index (χ1n) is 6.84. The van der Waals surface area contributed by atoms with E-state index in [0.717, 1.165) is 31.2 Å². The van der Waals surface area contributed by atoms with Gasteiger partial charge in [0, 0.05) is 13.1 Å². The van der Waals surface area contributed by atoms with Crippen LogP contribution in [0.3, 0.4) is 0 Å². The Morgan fingerprint density at radius 2 is 2.00 bits per heavy atom. The zero-order chi connectivity index (χ0) is 13.7. The molecule has 0 spiro atoms. The molecule has 0 radical (unpaired) electrons. The predicted molar refractivity (Wildman–Crippen MR) is 73.1 cm³/mol. The van der Waals surface area contributed by atoms with Gasteiger partial charge in [-0.05, 0) is 30.5 Å². The number of rotatable bonds is 5. The fourth-order valence-corrected chi connectivity index (χ4v) is 2.64. The third kappa shape index (κ3) is 4.04. The first-order valence-corrected chi connectivity index (χ1v) is 6.84. The molecule has 104 valence electrons. The second-order valence-electron chi connectivity index (χ2n) is 5.39. The Balaban J connectivity index is 1.85. The van der Waals surface area contributed by atoms with E-state index in [0.29, 0.717) is 18.7 Å². The van der Waals surface area contributed by atoms with Crippen LogP contribution in [-0.2, 0) is 6.54 Å². The van der Waals surface area contributed by atoms with E-state index in [4.69, 9.17) is 5.11 Å². The number of carboxylic acids is 1. The van der Waals surface area contributed by atoms with Crippen LogP contribution in [0.2, 0.25) is 0 Å². The highest BCUT2D eigenvalue weighted by Crippen LogP contribution is 2.27. The fraction of sp³-hybridized carbons (Fsp3) is 0.533. The summed E-state index contributed by atoms with van der Waals surface area (Å²) in [5.41, 5.74) is 0.651. The summed E-state index contributed by atoms with van der Waals surface area (Å²) in [7, 11) is 0. The summed E-state index contributed by atoms with van der Waals surface area (Å²) in [6.07, 6.45) is 5.10. The second-order valence-corrected chi connectivity index (χ2v) is 5.39. The van der Waals surface area contributed by atoms with Crippen LogP contribution in [0.1, 0.15) is 48.0 Å². The minimum atomic E-state index is -0.909. The predicted octanol–water partition coefficient (Wildman–Crippen LogP) is 2.17. The minimum absolute atomic E-state index is 0.302. The lowest BCUT2D eigenvalue weighted by atomic mass is 9.85. The van der Waals surface area contributed by atoms with E-state index in [1.165, 1.54) is 6.42 Å². The van der Waals surface area contributed by atoms with Gasteiger partial charge in [-0.2, -0.15) is 0 Å². The molecule has 3 N–H and O–H groups in total. The number of hydrogen-bond acceptors (Lipinski definition) is 3. The Morgan fingerprint density at radius 1 is 1.26 bits per heavy atom. The molecular formula is C15H21NO3. The molecule has 0 amide bonds. The minimum Gasteiger partial charge on any atom is -0.478 e. The van der Waals surface area contributed by atoms with Crippen LogP contribution in [0.5, 0.6) is 0 Å². The number of aromatic carboxylic acids is 1. The first kappa shape index (κ1) is 14.0. The quantitative estimate of drug-likeness (QED) is 0.761. The maximum atomic E-state index is 10.9. The largest absolute Gasteiger partial charge is 0.478 e. The summed E-state index contributed by atoms with van der Waals surface area (Å²) in [4.78, 5) is 10.9. The molecule has 4 nitrogen and oxygen atoms in total.